The van der Waals surface area contributed by atoms with Gasteiger partial charge in [-0.3, -0.25) is 9.59 Å². The van der Waals surface area contributed by atoms with Crippen molar-refractivity contribution >= 4 is 34.8 Å². The van der Waals surface area contributed by atoms with Crippen molar-refractivity contribution in [1.82, 2.24) is 40.4 Å². The van der Waals surface area contributed by atoms with Gasteiger partial charge in [0.15, 0.2) is 0 Å². The molecule has 14 nitrogen and oxygen atoms in total. The zero-order valence-electron chi connectivity index (χ0n) is 32.5. The molecule has 0 saturated carbocycles. The number of carbonyl (C=O) groups excluding carboxylic acids is 4. The van der Waals surface area contributed by atoms with Gasteiger partial charge in [0.2, 0.25) is 11.8 Å². The summed E-state index contributed by atoms with van der Waals surface area (Å²) >= 11 is 0. The van der Waals surface area contributed by atoms with Crippen molar-refractivity contribution in [3.8, 4) is 23.1 Å². The second-order valence-electron chi connectivity index (χ2n) is 14.9. The molecule has 0 unspecified atom stereocenters. The lowest BCUT2D eigenvalue weighted by molar-refractivity contribution is -0.136. The van der Waals surface area contributed by atoms with Crippen LogP contribution in [0.5, 0.6) is 0 Å². The van der Waals surface area contributed by atoms with Gasteiger partial charge in [-0.1, -0.05) is 51.8 Å². The Hall–Kier alpha value is -5.84. The van der Waals surface area contributed by atoms with Gasteiger partial charge in [0.1, 0.15) is 29.4 Å². The Kier molecular flexibility index (Phi) is 11.8. The van der Waals surface area contributed by atoms with E-state index in [1.54, 1.807) is 16.0 Å². The molecule has 2 aromatic carbocycles. The van der Waals surface area contributed by atoms with Crippen LogP contribution in [0.15, 0.2) is 42.6 Å². The van der Waals surface area contributed by atoms with Gasteiger partial charge in [0.25, 0.3) is 0 Å². The number of fused-ring (bicyclic) bond motifs is 1. The van der Waals surface area contributed by atoms with Crippen molar-refractivity contribution in [2.75, 3.05) is 27.3 Å². The number of aromatic nitrogens is 4. The van der Waals surface area contributed by atoms with E-state index < -0.39 is 24.3 Å². The number of imidazole rings is 2. The summed E-state index contributed by atoms with van der Waals surface area (Å²) in [7, 11) is 2.57. The number of ether oxygens (including phenoxy) is 2. The minimum atomic E-state index is -0.702. The van der Waals surface area contributed by atoms with E-state index in [1.807, 2.05) is 58.9 Å². The highest BCUT2D eigenvalue weighted by Gasteiger charge is 2.39. The highest BCUT2D eigenvalue weighted by atomic mass is 16.5. The summed E-state index contributed by atoms with van der Waals surface area (Å²) < 4.78 is 9.51. The molecule has 0 bridgehead atoms. The smallest absolute Gasteiger partial charge is 0.407 e. The highest BCUT2D eigenvalue weighted by molar-refractivity contribution is 5.89. The van der Waals surface area contributed by atoms with Crippen LogP contribution in [0.3, 0.4) is 0 Å². The van der Waals surface area contributed by atoms with Gasteiger partial charge in [-0.15, -0.1) is 0 Å². The first-order valence-corrected chi connectivity index (χ1v) is 18.9. The van der Waals surface area contributed by atoms with Gasteiger partial charge in [0.05, 0.1) is 38.2 Å². The van der Waals surface area contributed by atoms with E-state index >= 15 is 0 Å². The van der Waals surface area contributed by atoms with Gasteiger partial charge in [-0.25, -0.2) is 19.6 Å². The summed E-state index contributed by atoms with van der Waals surface area (Å²) in [5.41, 5.74) is 4.09. The summed E-state index contributed by atoms with van der Waals surface area (Å²) in [5.74, 6) is 7.35. The normalized spacial score (nSPS) is 17.9. The summed E-state index contributed by atoms with van der Waals surface area (Å²) in [5, 5.41) is 7.45. The molecular weight excluding hydrogens is 701 g/mol. The Labute approximate surface area is 321 Å². The molecule has 4 heterocycles. The average molecular weight is 751 g/mol. The number of aromatic amines is 2. The second-order valence-corrected chi connectivity index (χ2v) is 14.9. The Balaban J connectivity index is 1.15. The number of hydrogen-bond acceptors (Lipinski definition) is 8. The Bertz CT molecular complexity index is 2130. The molecule has 2 aliphatic rings. The molecule has 2 aliphatic heterocycles. The summed E-state index contributed by atoms with van der Waals surface area (Å²) in [6, 6.07) is 10.4. The van der Waals surface area contributed by atoms with Gasteiger partial charge < -0.3 is 39.9 Å². The van der Waals surface area contributed by atoms with Crippen molar-refractivity contribution in [3.63, 3.8) is 0 Å². The topological polar surface area (TPSA) is 175 Å². The number of aryl methyl sites for hydroxylation is 1. The first-order valence-electron chi connectivity index (χ1n) is 18.9. The minimum absolute atomic E-state index is 0.110. The molecule has 4 N–H and O–H groups in total. The lowest BCUT2D eigenvalue weighted by Crippen LogP contribution is -2.51. The number of likely N-dealkylation sites (tertiary alicyclic amines) is 2. The molecular formula is C41H50N8O6. The molecule has 0 spiro atoms. The molecule has 0 radical (unpaired) electrons. The first kappa shape index (κ1) is 38.9. The van der Waals surface area contributed by atoms with Crippen LogP contribution in [-0.2, 0) is 19.1 Å². The van der Waals surface area contributed by atoms with Gasteiger partial charge in [-0.2, -0.15) is 0 Å². The number of carbonyl (C=O) groups is 4. The third kappa shape index (κ3) is 8.46. The van der Waals surface area contributed by atoms with Crippen LogP contribution < -0.4 is 10.6 Å². The molecule has 2 fully saturated rings. The minimum Gasteiger partial charge on any atom is -0.453 e. The number of methoxy groups -OCH3 is 2. The number of nitrogens with zero attached hydrogens (tertiary/aromatic N) is 4. The van der Waals surface area contributed by atoms with Crippen molar-refractivity contribution in [2.24, 2.45) is 11.8 Å². The summed E-state index contributed by atoms with van der Waals surface area (Å²) in [6.07, 6.45) is 3.74. The Morgan fingerprint density at radius 2 is 1.35 bits per heavy atom. The number of rotatable bonds is 9. The zero-order valence-corrected chi connectivity index (χ0v) is 32.5. The number of H-pyrrole nitrogens is 2. The van der Waals surface area contributed by atoms with Gasteiger partial charge in [0, 0.05) is 29.9 Å². The SMILES string of the molecule is COC(=O)N[C@H](C(=O)N1CCC[C@H]1c1ncc(-c2ccc3cc(C#Cc4nc([C@@H]5CCCN5C(=O)[C@@H](NC(=O)OC)C(C)C)[nH]c4C)ccc3c2)[nH]1)C(C)C. The van der Waals surface area contributed by atoms with Crippen molar-refractivity contribution < 1.29 is 28.7 Å². The predicted molar refractivity (Wildman–Crippen MR) is 207 cm³/mol. The predicted octanol–water partition coefficient (Wildman–Crippen LogP) is 5.75. The van der Waals surface area contributed by atoms with Crippen LogP contribution in [0.25, 0.3) is 22.0 Å². The fourth-order valence-corrected chi connectivity index (χ4v) is 7.42. The van der Waals surface area contributed by atoms with E-state index in [-0.39, 0.29) is 35.7 Å². The number of amides is 4. The number of alkyl carbamates (subject to hydrolysis) is 2. The molecule has 55 heavy (non-hydrogen) atoms. The van der Waals surface area contributed by atoms with Crippen LogP contribution >= 0.6 is 0 Å². The van der Waals surface area contributed by atoms with Gasteiger partial charge in [-0.05, 0) is 79.3 Å². The third-order valence-electron chi connectivity index (χ3n) is 10.5. The third-order valence-corrected chi connectivity index (χ3v) is 10.5. The monoisotopic (exact) mass is 750 g/mol. The van der Waals surface area contributed by atoms with Crippen molar-refractivity contribution in [1.29, 1.82) is 0 Å². The van der Waals surface area contributed by atoms with Crippen LogP contribution in [-0.4, -0.2) is 93.1 Å². The molecule has 290 valence electrons. The van der Waals surface area contributed by atoms with E-state index in [1.165, 1.54) is 14.2 Å². The molecule has 2 saturated heterocycles. The Morgan fingerprint density at radius 1 is 0.782 bits per heavy atom. The maximum atomic E-state index is 13.6. The fourth-order valence-electron chi connectivity index (χ4n) is 7.42. The van der Waals surface area contributed by atoms with Crippen LogP contribution in [0, 0.1) is 30.6 Å². The van der Waals surface area contributed by atoms with E-state index in [9.17, 15) is 19.2 Å². The molecule has 4 amide bonds. The van der Waals surface area contributed by atoms with E-state index in [0.717, 1.165) is 59.0 Å². The zero-order chi connectivity index (χ0) is 39.4. The molecule has 6 rings (SSSR count). The largest absolute Gasteiger partial charge is 0.453 e. The molecule has 4 atom stereocenters. The van der Waals surface area contributed by atoms with Crippen LogP contribution in [0.2, 0.25) is 0 Å². The van der Waals surface area contributed by atoms with Crippen LogP contribution in [0.4, 0.5) is 9.59 Å². The molecule has 0 aliphatic carbocycles. The molecule has 14 heteroatoms. The standard InChI is InChI=1S/C41H50N8O6/c1-23(2)34(46-40(52)54-6)38(50)48-18-8-10-32(48)36-42-22-31(45-36)29-16-15-27-20-26(12-14-28(27)21-29)13-17-30-25(5)43-37(44-30)33-11-9-19-49(33)39(51)35(24(3)4)47-41(53)55-7/h12,14-16,20-24,32-35H,8-11,18-19H2,1-7H3,(H,42,45)(H,43,44)(H,46,52)(H,47,53)/t32-,33-,34-,35-/m0/s1. The Morgan fingerprint density at radius 3 is 1.93 bits per heavy atom. The molecule has 2 aromatic heterocycles. The van der Waals surface area contributed by atoms with Crippen molar-refractivity contribution in [2.45, 2.75) is 84.5 Å². The van der Waals surface area contributed by atoms with E-state index in [4.69, 9.17) is 14.5 Å². The maximum absolute atomic E-state index is 13.6. The quantitative estimate of drug-likeness (QED) is 0.157. The maximum Gasteiger partial charge on any atom is 0.407 e. The molecule has 4 aromatic rings. The summed E-state index contributed by atoms with van der Waals surface area (Å²) in [4.78, 5) is 70.9. The average Bonchev–Trinajstić information content (AvgIpc) is 4.01. The van der Waals surface area contributed by atoms with E-state index in [0.29, 0.717) is 30.4 Å². The highest BCUT2D eigenvalue weighted by Crippen LogP contribution is 2.34. The second kappa shape index (κ2) is 16.7. The van der Waals surface area contributed by atoms with E-state index in [2.05, 4.69) is 49.6 Å². The van der Waals surface area contributed by atoms with Gasteiger partial charge >= 0.3 is 12.2 Å². The number of nitrogens with one attached hydrogen (secondary N) is 4. The first-order chi connectivity index (χ1) is 26.4. The fraction of sp³-hybridized carbons (Fsp3) is 0.463. The lowest BCUT2D eigenvalue weighted by Gasteiger charge is -2.30. The lowest BCUT2D eigenvalue weighted by atomic mass is 10.0. The van der Waals surface area contributed by atoms with Crippen molar-refractivity contribution in [3.05, 3.63) is 71.2 Å². The van der Waals surface area contributed by atoms with Crippen LogP contribution in [0.1, 0.15) is 94.1 Å². The number of hydrogen-bond donors (Lipinski definition) is 4. The summed E-state index contributed by atoms with van der Waals surface area (Å²) in [6.45, 7) is 10.7. The number of benzene rings is 2.